The third-order valence-electron chi connectivity index (χ3n) is 2.51. The molecule has 0 fully saturated rings. The molecule has 1 aromatic heterocycles. The Balaban J connectivity index is 2.89. The summed E-state index contributed by atoms with van der Waals surface area (Å²) in [6, 6.07) is 4.09. The Morgan fingerprint density at radius 1 is 1.33 bits per heavy atom. The molecule has 1 aromatic rings. The summed E-state index contributed by atoms with van der Waals surface area (Å²) in [5.41, 5.74) is 0.376. The number of amides is 1. The van der Waals surface area contributed by atoms with Crippen LogP contribution in [0.3, 0.4) is 0 Å². The van der Waals surface area contributed by atoms with Gasteiger partial charge in [-0.3, -0.25) is 4.79 Å². The Bertz CT molecular complexity index is 464. The molecular weight excluding hydrogens is 232 g/mol. The zero-order valence-electron chi connectivity index (χ0n) is 11.0. The van der Waals surface area contributed by atoms with Crippen molar-refractivity contribution in [1.29, 1.82) is 0 Å². The van der Waals surface area contributed by atoms with E-state index in [2.05, 4.69) is 10.3 Å². The van der Waals surface area contributed by atoms with E-state index in [9.17, 15) is 9.59 Å². The van der Waals surface area contributed by atoms with E-state index in [-0.39, 0.29) is 5.69 Å². The summed E-state index contributed by atoms with van der Waals surface area (Å²) in [4.78, 5) is 27.1. The number of nitrogens with zero attached hydrogens (tertiary/aromatic N) is 1. The van der Waals surface area contributed by atoms with Crippen LogP contribution in [-0.2, 0) is 4.79 Å². The molecule has 0 bridgehead atoms. The van der Waals surface area contributed by atoms with E-state index < -0.39 is 23.3 Å². The van der Waals surface area contributed by atoms with E-state index in [4.69, 9.17) is 5.11 Å². The normalized spacial score (nSPS) is 12.9. The van der Waals surface area contributed by atoms with Crippen LogP contribution in [-0.4, -0.2) is 28.0 Å². The van der Waals surface area contributed by atoms with Crippen LogP contribution < -0.4 is 5.32 Å². The van der Waals surface area contributed by atoms with Crippen molar-refractivity contribution in [3.63, 3.8) is 0 Å². The number of carbonyl (C=O) groups is 2. The maximum absolute atomic E-state index is 11.9. The number of carboxylic acids is 1. The summed E-state index contributed by atoms with van der Waals surface area (Å²) in [6.45, 7) is 7.05. The minimum Gasteiger partial charge on any atom is -0.480 e. The van der Waals surface area contributed by atoms with Gasteiger partial charge in [-0.15, -0.1) is 0 Å². The molecule has 0 radical (unpaired) electrons. The molecule has 0 aliphatic rings. The van der Waals surface area contributed by atoms with E-state index in [0.29, 0.717) is 5.69 Å². The minimum absolute atomic E-state index is 0.227. The van der Waals surface area contributed by atoms with Crippen molar-refractivity contribution in [2.75, 3.05) is 0 Å². The smallest absolute Gasteiger partial charge is 0.326 e. The van der Waals surface area contributed by atoms with Crippen molar-refractivity contribution in [3.8, 4) is 0 Å². The number of carbonyl (C=O) groups excluding carboxylic acids is 1. The van der Waals surface area contributed by atoms with Gasteiger partial charge in [0.25, 0.3) is 5.91 Å². The molecule has 1 amide bonds. The van der Waals surface area contributed by atoms with Gasteiger partial charge in [0.2, 0.25) is 0 Å². The molecule has 5 heteroatoms. The Labute approximate surface area is 106 Å². The van der Waals surface area contributed by atoms with Gasteiger partial charge in [0.05, 0.1) is 0 Å². The second-order valence-electron chi connectivity index (χ2n) is 5.27. The molecule has 1 atom stereocenters. The van der Waals surface area contributed by atoms with E-state index in [1.54, 1.807) is 45.9 Å². The van der Waals surface area contributed by atoms with Gasteiger partial charge in [0, 0.05) is 5.69 Å². The largest absolute Gasteiger partial charge is 0.480 e. The first-order chi connectivity index (χ1) is 8.21. The highest BCUT2D eigenvalue weighted by Crippen LogP contribution is 2.19. The summed E-state index contributed by atoms with van der Waals surface area (Å²) in [5.74, 6) is -1.52. The summed E-state index contributed by atoms with van der Waals surface area (Å²) in [6.07, 6.45) is 0. The minimum atomic E-state index is -1.05. The molecule has 0 aliphatic heterocycles. The molecule has 5 nitrogen and oxygen atoms in total. The number of hydrogen-bond donors (Lipinski definition) is 2. The molecule has 0 aliphatic carbocycles. The number of hydrogen-bond acceptors (Lipinski definition) is 3. The number of aromatic nitrogens is 1. The van der Waals surface area contributed by atoms with E-state index in [0.717, 1.165) is 0 Å². The average molecular weight is 250 g/mol. The number of carboxylic acid groups (broad SMARTS) is 1. The molecule has 0 saturated carbocycles. The zero-order chi connectivity index (χ0) is 13.9. The standard InChI is InChI=1S/C13H18N2O3/c1-8-6-5-7-9(14-8)11(16)15-10(12(17)18)13(2,3)4/h5-7,10H,1-4H3,(H,15,16)(H,17,18). The highest BCUT2D eigenvalue weighted by molar-refractivity contribution is 5.95. The number of aliphatic carboxylic acids is 1. The highest BCUT2D eigenvalue weighted by atomic mass is 16.4. The molecule has 98 valence electrons. The van der Waals surface area contributed by atoms with Gasteiger partial charge >= 0.3 is 5.97 Å². The predicted octanol–water partition coefficient (Wildman–Crippen LogP) is 1.62. The van der Waals surface area contributed by atoms with Crippen LogP contribution in [0.5, 0.6) is 0 Å². The Kier molecular flexibility index (Phi) is 4.06. The van der Waals surface area contributed by atoms with Crippen molar-refractivity contribution in [2.45, 2.75) is 33.7 Å². The number of nitrogens with one attached hydrogen (secondary N) is 1. The molecule has 1 heterocycles. The Morgan fingerprint density at radius 3 is 2.39 bits per heavy atom. The second-order valence-corrected chi connectivity index (χ2v) is 5.27. The number of pyridine rings is 1. The van der Waals surface area contributed by atoms with Crippen LogP contribution in [0.25, 0.3) is 0 Å². The van der Waals surface area contributed by atoms with Gasteiger partial charge in [0.1, 0.15) is 11.7 Å². The summed E-state index contributed by atoms with van der Waals surface area (Å²) < 4.78 is 0. The maximum atomic E-state index is 11.9. The van der Waals surface area contributed by atoms with Crippen molar-refractivity contribution in [3.05, 3.63) is 29.6 Å². The monoisotopic (exact) mass is 250 g/mol. The zero-order valence-corrected chi connectivity index (χ0v) is 11.0. The third kappa shape index (κ3) is 3.55. The van der Waals surface area contributed by atoms with Gasteiger partial charge in [-0.25, -0.2) is 9.78 Å². The molecule has 1 unspecified atom stereocenters. The topological polar surface area (TPSA) is 79.3 Å². The fourth-order valence-electron chi connectivity index (χ4n) is 1.52. The second kappa shape index (κ2) is 5.16. The van der Waals surface area contributed by atoms with Crippen LogP contribution in [0.4, 0.5) is 0 Å². The molecule has 18 heavy (non-hydrogen) atoms. The first-order valence-corrected chi connectivity index (χ1v) is 5.69. The van der Waals surface area contributed by atoms with Gasteiger partial charge in [-0.1, -0.05) is 26.8 Å². The van der Waals surface area contributed by atoms with Gasteiger partial charge in [0.15, 0.2) is 0 Å². The quantitative estimate of drug-likeness (QED) is 0.854. The SMILES string of the molecule is Cc1cccc(C(=O)NC(C(=O)O)C(C)(C)C)n1. The lowest BCUT2D eigenvalue weighted by Gasteiger charge is -2.27. The van der Waals surface area contributed by atoms with E-state index in [1.807, 2.05) is 0 Å². The highest BCUT2D eigenvalue weighted by Gasteiger charge is 2.32. The summed E-state index contributed by atoms with van der Waals surface area (Å²) >= 11 is 0. The van der Waals surface area contributed by atoms with E-state index >= 15 is 0 Å². The van der Waals surface area contributed by atoms with Gasteiger partial charge in [-0.05, 0) is 24.5 Å². The number of rotatable bonds is 3. The Morgan fingerprint density at radius 2 is 1.94 bits per heavy atom. The van der Waals surface area contributed by atoms with Crippen molar-refractivity contribution in [1.82, 2.24) is 10.3 Å². The Hall–Kier alpha value is -1.91. The van der Waals surface area contributed by atoms with Crippen molar-refractivity contribution in [2.24, 2.45) is 5.41 Å². The van der Waals surface area contributed by atoms with Crippen LogP contribution in [0, 0.1) is 12.3 Å². The lowest BCUT2D eigenvalue weighted by atomic mass is 9.86. The first kappa shape index (κ1) is 14.2. The molecule has 1 rings (SSSR count). The molecule has 2 N–H and O–H groups in total. The lowest BCUT2D eigenvalue weighted by Crippen LogP contribution is -2.49. The summed E-state index contributed by atoms with van der Waals surface area (Å²) in [7, 11) is 0. The van der Waals surface area contributed by atoms with Gasteiger partial charge < -0.3 is 10.4 Å². The van der Waals surface area contributed by atoms with Crippen LogP contribution in [0.1, 0.15) is 37.0 Å². The molecule has 0 spiro atoms. The summed E-state index contributed by atoms with van der Waals surface area (Å²) in [5, 5.41) is 11.6. The first-order valence-electron chi connectivity index (χ1n) is 5.69. The maximum Gasteiger partial charge on any atom is 0.326 e. The predicted molar refractivity (Wildman–Crippen MR) is 67.3 cm³/mol. The fraction of sp³-hybridized carbons (Fsp3) is 0.462. The van der Waals surface area contributed by atoms with Crippen LogP contribution in [0.15, 0.2) is 18.2 Å². The van der Waals surface area contributed by atoms with Crippen molar-refractivity contribution >= 4 is 11.9 Å². The van der Waals surface area contributed by atoms with Crippen LogP contribution >= 0.6 is 0 Å². The fourth-order valence-corrected chi connectivity index (χ4v) is 1.52. The van der Waals surface area contributed by atoms with Crippen LogP contribution in [0.2, 0.25) is 0 Å². The number of aryl methyl sites for hydroxylation is 1. The molecular formula is C13H18N2O3. The average Bonchev–Trinajstić information content (AvgIpc) is 2.23. The molecule has 0 saturated heterocycles. The molecule has 0 aromatic carbocycles. The van der Waals surface area contributed by atoms with Crippen molar-refractivity contribution < 1.29 is 14.7 Å². The van der Waals surface area contributed by atoms with E-state index in [1.165, 1.54) is 0 Å². The lowest BCUT2D eigenvalue weighted by molar-refractivity contribution is -0.142. The third-order valence-corrected chi connectivity index (χ3v) is 2.51. The van der Waals surface area contributed by atoms with Gasteiger partial charge in [-0.2, -0.15) is 0 Å².